The first kappa shape index (κ1) is 42.2. The van der Waals surface area contributed by atoms with Gasteiger partial charge in [-0.1, -0.05) is 6.07 Å². The van der Waals surface area contributed by atoms with Gasteiger partial charge in [0, 0.05) is 51.3 Å². The number of carbonyl (C=O) groups is 4. The molecule has 17 heteroatoms. The zero-order valence-corrected chi connectivity index (χ0v) is 35.1. The molecule has 61 heavy (non-hydrogen) atoms. The van der Waals surface area contributed by atoms with E-state index in [0.717, 1.165) is 69.6 Å². The molecular weight excluding hydrogens is 792 g/mol. The van der Waals surface area contributed by atoms with Crippen molar-refractivity contribution in [2.45, 2.75) is 89.5 Å². The average Bonchev–Trinajstić information content (AvgIpc) is 3.29. The van der Waals surface area contributed by atoms with Gasteiger partial charge >= 0.3 is 5.92 Å². The lowest BCUT2D eigenvalue weighted by Crippen LogP contribution is -2.63. The predicted molar refractivity (Wildman–Crippen MR) is 224 cm³/mol. The van der Waals surface area contributed by atoms with E-state index in [1.165, 1.54) is 37.7 Å². The summed E-state index contributed by atoms with van der Waals surface area (Å²) in [7, 11) is 2.76. The van der Waals surface area contributed by atoms with E-state index < -0.39 is 24.3 Å². The molecule has 5 aliphatic rings. The summed E-state index contributed by atoms with van der Waals surface area (Å²) in [5, 5.41) is 7.41. The zero-order chi connectivity index (χ0) is 43.2. The minimum Gasteiger partial charge on any atom is -0.495 e. The van der Waals surface area contributed by atoms with Crippen LogP contribution in [-0.2, 0) is 14.4 Å². The van der Waals surface area contributed by atoms with E-state index in [0.29, 0.717) is 46.5 Å². The number of aromatic nitrogens is 2. The molecule has 1 unspecified atom stereocenters. The fourth-order valence-electron chi connectivity index (χ4n) is 9.85. The van der Waals surface area contributed by atoms with Crippen LogP contribution in [0.4, 0.5) is 42.0 Å². The molecule has 5 heterocycles. The SMILES string of the molecule is COc1cc(C(=O)NN2CC3(CCC(CC4CCN(c5ccc(C6CCC(=O)NC6=O)cc5F)CC4)CC3)C2)ccc1Nc1ncc2c(n1)N(C(C)C)CC(F)(F)C(=O)N2C. The van der Waals surface area contributed by atoms with Gasteiger partial charge in [0.2, 0.25) is 17.8 Å². The highest BCUT2D eigenvalue weighted by Gasteiger charge is 2.48. The molecule has 2 aromatic carbocycles. The highest BCUT2D eigenvalue weighted by Crippen LogP contribution is 2.47. The van der Waals surface area contributed by atoms with Crippen LogP contribution in [0.2, 0.25) is 0 Å². The van der Waals surface area contributed by atoms with Crippen LogP contribution in [0.15, 0.2) is 42.6 Å². The highest BCUT2D eigenvalue weighted by molar-refractivity contribution is 6.02. The quantitative estimate of drug-likeness (QED) is 0.201. The molecule has 4 fully saturated rings. The number of hydrogen-bond acceptors (Lipinski definition) is 11. The van der Waals surface area contributed by atoms with E-state index >= 15 is 4.39 Å². The third-order valence-electron chi connectivity index (χ3n) is 13.4. The lowest BCUT2D eigenvalue weighted by Gasteiger charge is -2.53. The average molecular weight is 846 g/mol. The van der Waals surface area contributed by atoms with Gasteiger partial charge in [-0.05, 0) is 118 Å². The van der Waals surface area contributed by atoms with Crippen molar-refractivity contribution in [3.05, 3.63) is 59.5 Å². The molecule has 0 bridgehead atoms. The van der Waals surface area contributed by atoms with Gasteiger partial charge in [0.15, 0.2) is 5.82 Å². The Morgan fingerprint density at radius 1 is 0.967 bits per heavy atom. The van der Waals surface area contributed by atoms with Crippen LogP contribution in [0.25, 0.3) is 0 Å². The second kappa shape index (κ2) is 16.8. The van der Waals surface area contributed by atoms with Crippen molar-refractivity contribution < 1.29 is 37.1 Å². The predicted octanol–water partition coefficient (Wildman–Crippen LogP) is 6.16. The van der Waals surface area contributed by atoms with Crippen molar-refractivity contribution >= 4 is 52.5 Å². The number of rotatable bonds is 10. The number of imide groups is 1. The molecule has 4 aliphatic heterocycles. The van der Waals surface area contributed by atoms with E-state index in [-0.39, 0.29) is 58.9 Å². The second-order valence-electron chi connectivity index (χ2n) is 17.9. The van der Waals surface area contributed by atoms with Crippen molar-refractivity contribution in [2.75, 3.05) is 66.9 Å². The summed E-state index contributed by atoms with van der Waals surface area (Å²) < 4.78 is 50.4. The maximum absolute atomic E-state index is 15.3. The number of anilines is 5. The van der Waals surface area contributed by atoms with Crippen LogP contribution in [0, 0.1) is 23.1 Å². The fourth-order valence-corrected chi connectivity index (χ4v) is 9.85. The Morgan fingerprint density at radius 2 is 1.69 bits per heavy atom. The lowest BCUT2D eigenvalue weighted by atomic mass is 9.65. The second-order valence-corrected chi connectivity index (χ2v) is 17.9. The number of nitrogens with one attached hydrogen (secondary N) is 3. The Hall–Kier alpha value is -5.45. The summed E-state index contributed by atoms with van der Waals surface area (Å²) in [5.41, 5.74) is 5.48. The number of ether oxygens (including phenoxy) is 1. The van der Waals surface area contributed by atoms with Gasteiger partial charge in [0.25, 0.3) is 11.8 Å². The van der Waals surface area contributed by atoms with Crippen molar-refractivity contribution in [1.82, 2.24) is 25.7 Å². The third kappa shape index (κ3) is 8.70. The zero-order valence-electron chi connectivity index (χ0n) is 35.1. The van der Waals surface area contributed by atoms with Gasteiger partial charge < -0.3 is 24.8 Å². The van der Waals surface area contributed by atoms with Crippen LogP contribution in [0.1, 0.15) is 93.5 Å². The summed E-state index contributed by atoms with van der Waals surface area (Å²) in [6.45, 7) is 5.87. The minimum absolute atomic E-state index is 0.112. The number of piperidine rings is 2. The smallest absolute Gasteiger partial charge is 0.342 e. The number of alkyl halides is 2. The number of amides is 4. The molecule has 1 aliphatic carbocycles. The molecule has 3 aromatic rings. The minimum atomic E-state index is -3.60. The fraction of sp³-hybridized carbons (Fsp3) is 0.545. The van der Waals surface area contributed by atoms with Crippen molar-refractivity contribution in [3.63, 3.8) is 0 Å². The first-order chi connectivity index (χ1) is 29.1. The number of benzene rings is 2. The molecule has 1 atom stereocenters. The standard InChI is InChI=1S/C44H54F3N9O5/c1-26(2)56-25-44(46,47)41(60)53(3)35-22-48-42(51-38(35)56)49-33-8-5-30(21-36(33)61-4)39(58)52-55-23-43(24-55)15-11-27(12-16-43)19-28-13-17-54(18-14-28)34-9-6-29(20-32(34)45)31-7-10-37(57)50-40(31)59/h5-6,8-9,20-22,26-28,31H,7,10-19,23-25H2,1-4H3,(H,52,58)(H,48,49,51)(H,50,57,59). The number of fused-ring (bicyclic) bond motifs is 1. The van der Waals surface area contributed by atoms with Crippen molar-refractivity contribution in [2.24, 2.45) is 17.3 Å². The third-order valence-corrected chi connectivity index (χ3v) is 13.4. The highest BCUT2D eigenvalue weighted by atomic mass is 19.3. The van der Waals surface area contributed by atoms with Crippen molar-refractivity contribution in [3.8, 4) is 5.75 Å². The molecule has 326 valence electrons. The molecular formula is C44H54F3N9O5. The molecule has 1 aromatic heterocycles. The topological polar surface area (TPSA) is 152 Å². The summed E-state index contributed by atoms with van der Waals surface area (Å²) >= 11 is 0. The summed E-state index contributed by atoms with van der Waals surface area (Å²) in [6.07, 6.45) is 9.78. The molecule has 3 N–H and O–H groups in total. The number of halogens is 3. The van der Waals surface area contributed by atoms with E-state index in [4.69, 9.17) is 4.74 Å². The van der Waals surface area contributed by atoms with Crippen LogP contribution < -0.4 is 35.5 Å². The number of hydrogen-bond donors (Lipinski definition) is 3. The number of methoxy groups -OCH3 is 1. The molecule has 3 saturated heterocycles. The van der Waals surface area contributed by atoms with Crippen LogP contribution in [0.3, 0.4) is 0 Å². The summed E-state index contributed by atoms with van der Waals surface area (Å²) in [5.74, 6) is -4.71. The van der Waals surface area contributed by atoms with E-state index in [1.54, 1.807) is 38.1 Å². The Bertz CT molecular complexity index is 2180. The monoisotopic (exact) mass is 845 g/mol. The number of hydrazine groups is 1. The number of carbonyl (C=O) groups excluding carboxylic acids is 4. The first-order valence-electron chi connectivity index (χ1n) is 21.3. The number of nitrogens with zero attached hydrogens (tertiary/aromatic N) is 6. The van der Waals surface area contributed by atoms with E-state index in [9.17, 15) is 28.0 Å². The Balaban J connectivity index is 0.793. The Labute approximate surface area is 353 Å². The molecule has 0 radical (unpaired) electrons. The van der Waals surface area contributed by atoms with Crippen LogP contribution in [0.5, 0.6) is 5.75 Å². The maximum Gasteiger partial charge on any atom is 0.342 e. The van der Waals surface area contributed by atoms with Gasteiger partial charge in [-0.3, -0.25) is 29.9 Å². The Morgan fingerprint density at radius 3 is 2.36 bits per heavy atom. The molecule has 1 saturated carbocycles. The van der Waals surface area contributed by atoms with Crippen LogP contribution in [-0.4, -0.2) is 97.5 Å². The molecule has 1 spiro atoms. The van der Waals surface area contributed by atoms with Gasteiger partial charge in [0.1, 0.15) is 17.3 Å². The molecule has 4 amide bonds. The maximum atomic E-state index is 15.3. The molecule has 8 rings (SSSR count). The Kier molecular flexibility index (Phi) is 11.6. The van der Waals surface area contributed by atoms with Gasteiger partial charge in [-0.2, -0.15) is 13.8 Å². The summed E-state index contributed by atoms with van der Waals surface area (Å²) in [4.78, 5) is 62.9. The van der Waals surface area contributed by atoms with Gasteiger partial charge in [0.05, 0.1) is 37.1 Å². The van der Waals surface area contributed by atoms with Gasteiger partial charge in [-0.15, -0.1) is 0 Å². The molecule has 14 nitrogen and oxygen atoms in total. The van der Waals surface area contributed by atoms with Crippen molar-refractivity contribution in [1.29, 1.82) is 0 Å². The first-order valence-corrected chi connectivity index (χ1v) is 21.3. The van der Waals surface area contributed by atoms with E-state index in [2.05, 4.69) is 30.9 Å². The lowest BCUT2D eigenvalue weighted by molar-refractivity contribution is -0.140. The van der Waals surface area contributed by atoms with Gasteiger partial charge in [-0.25, -0.2) is 14.4 Å². The largest absolute Gasteiger partial charge is 0.495 e. The normalized spacial score (nSPS) is 22.1. The van der Waals surface area contributed by atoms with E-state index in [1.807, 2.05) is 11.1 Å². The summed E-state index contributed by atoms with van der Waals surface area (Å²) in [6, 6.07) is 9.65. The van der Waals surface area contributed by atoms with Crippen LogP contribution >= 0.6 is 0 Å².